The van der Waals surface area contributed by atoms with Gasteiger partial charge in [0.2, 0.25) is 0 Å². The molecule has 2 rings (SSSR count). The first kappa shape index (κ1) is 14.0. The zero-order valence-corrected chi connectivity index (χ0v) is 13.0. The Kier molecular flexibility index (Phi) is 4.11. The molecule has 1 nitrogen and oxygen atoms in total. The van der Waals surface area contributed by atoms with Crippen molar-refractivity contribution in [2.45, 2.75) is 20.0 Å². The van der Waals surface area contributed by atoms with Gasteiger partial charge < -0.3 is 5.11 Å². The van der Waals surface area contributed by atoms with E-state index in [2.05, 4.69) is 15.9 Å². The van der Waals surface area contributed by atoms with Crippen LogP contribution in [-0.2, 0) is 0 Å². The SMILES string of the molecule is Cc1cc(C)c(C(O)c2cc(Br)c(Cl)s2)c(F)c1. The van der Waals surface area contributed by atoms with Crippen LogP contribution in [0.25, 0.3) is 0 Å². The van der Waals surface area contributed by atoms with E-state index in [4.69, 9.17) is 11.6 Å². The van der Waals surface area contributed by atoms with E-state index in [0.717, 1.165) is 11.1 Å². The summed E-state index contributed by atoms with van der Waals surface area (Å²) in [6.07, 6.45) is -0.987. The number of aryl methyl sites for hydroxylation is 2. The second-order valence-corrected chi connectivity index (χ2v) is 6.69. The average molecular weight is 350 g/mol. The Hall–Kier alpha value is -0.420. The van der Waals surface area contributed by atoms with Crippen LogP contribution in [-0.4, -0.2) is 5.11 Å². The van der Waals surface area contributed by atoms with E-state index >= 15 is 0 Å². The van der Waals surface area contributed by atoms with Crippen molar-refractivity contribution in [3.8, 4) is 0 Å². The van der Waals surface area contributed by atoms with Crippen molar-refractivity contribution in [3.05, 3.63) is 54.4 Å². The minimum Gasteiger partial charge on any atom is -0.383 e. The molecule has 0 saturated heterocycles. The smallest absolute Gasteiger partial charge is 0.129 e. The maximum atomic E-state index is 14.0. The standard InChI is InChI=1S/C13H11BrClFOS/c1-6-3-7(2)11(9(16)4-6)12(17)10-5-8(14)13(15)18-10/h3-5,12,17H,1-2H3. The van der Waals surface area contributed by atoms with Gasteiger partial charge in [-0.3, -0.25) is 0 Å². The number of halogens is 3. The van der Waals surface area contributed by atoms with Crippen LogP contribution in [0.15, 0.2) is 22.7 Å². The number of aliphatic hydroxyl groups is 1. The fourth-order valence-electron chi connectivity index (χ4n) is 1.91. The largest absolute Gasteiger partial charge is 0.383 e. The predicted molar refractivity (Wildman–Crippen MR) is 77.0 cm³/mol. The molecule has 0 radical (unpaired) electrons. The molecule has 96 valence electrons. The third-order valence-electron chi connectivity index (χ3n) is 2.69. The number of hydrogen-bond donors (Lipinski definition) is 1. The lowest BCUT2D eigenvalue weighted by molar-refractivity contribution is 0.218. The Morgan fingerprint density at radius 2 is 2.00 bits per heavy atom. The quantitative estimate of drug-likeness (QED) is 0.809. The minimum atomic E-state index is -0.987. The molecule has 1 atom stereocenters. The van der Waals surface area contributed by atoms with Crippen LogP contribution < -0.4 is 0 Å². The number of aliphatic hydroxyl groups excluding tert-OH is 1. The predicted octanol–water partition coefficient (Wildman–Crippen LogP) is 5.00. The lowest BCUT2D eigenvalue weighted by Crippen LogP contribution is -2.04. The molecule has 18 heavy (non-hydrogen) atoms. The molecule has 0 fully saturated rings. The first-order valence-electron chi connectivity index (χ1n) is 5.29. The third kappa shape index (κ3) is 2.62. The Labute approximate surface area is 122 Å². The van der Waals surface area contributed by atoms with Crippen LogP contribution in [0.5, 0.6) is 0 Å². The molecule has 0 amide bonds. The molecule has 0 bridgehead atoms. The van der Waals surface area contributed by atoms with E-state index in [1.165, 1.54) is 17.4 Å². The van der Waals surface area contributed by atoms with Gasteiger partial charge in [-0.2, -0.15) is 0 Å². The van der Waals surface area contributed by atoms with Gasteiger partial charge in [0.15, 0.2) is 0 Å². The van der Waals surface area contributed by atoms with Crippen LogP contribution in [0.2, 0.25) is 4.34 Å². The van der Waals surface area contributed by atoms with E-state index in [1.807, 2.05) is 13.0 Å². The Balaban J connectivity index is 2.49. The maximum absolute atomic E-state index is 14.0. The zero-order chi connectivity index (χ0) is 13.4. The first-order valence-corrected chi connectivity index (χ1v) is 7.28. The molecule has 1 aromatic carbocycles. The van der Waals surface area contributed by atoms with E-state index < -0.39 is 6.10 Å². The first-order chi connectivity index (χ1) is 8.40. The van der Waals surface area contributed by atoms with Crippen molar-refractivity contribution in [2.75, 3.05) is 0 Å². The van der Waals surface area contributed by atoms with Crippen LogP contribution in [0.3, 0.4) is 0 Å². The van der Waals surface area contributed by atoms with Gasteiger partial charge >= 0.3 is 0 Å². The molecule has 1 aromatic heterocycles. The Morgan fingerprint density at radius 3 is 2.50 bits per heavy atom. The number of benzene rings is 1. The molecule has 1 unspecified atom stereocenters. The summed E-state index contributed by atoms with van der Waals surface area (Å²) in [5, 5.41) is 10.3. The number of thiophene rings is 1. The second-order valence-electron chi connectivity index (χ2n) is 4.15. The molecule has 1 N–H and O–H groups in total. The van der Waals surface area contributed by atoms with Crippen molar-refractivity contribution >= 4 is 38.9 Å². The molecular weight excluding hydrogens is 339 g/mol. The molecule has 0 aliphatic rings. The molecular formula is C13H11BrClFOS. The van der Waals surface area contributed by atoms with Gasteiger partial charge in [-0.1, -0.05) is 17.7 Å². The molecule has 0 saturated carbocycles. The van der Waals surface area contributed by atoms with Gasteiger partial charge in [-0.15, -0.1) is 11.3 Å². The fourth-order valence-corrected chi connectivity index (χ4v) is 3.65. The zero-order valence-electron chi connectivity index (χ0n) is 9.80. The minimum absolute atomic E-state index is 0.311. The van der Waals surface area contributed by atoms with E-state index in [1.54, 1.807) is 13.0 Å². The second kappa shape index (κ2) is 5.29. The lowest BCUT2D eigenvalue weighted by atomic mass is 9.99. The molecule has 5 heteroatoms. The summed E-state index contributed by atoms with van der Waals surface area (Å²) in [7, 11) is 0. The van der Waals surface area contributed by atoms with Crippen LogP contribution in [0.4, 0.5) is 4.39 Å². The van der Waals surface area contributed by atoms with Gasteiger partial charge in [0.25, 0.3) is 0 Å². The summed E-state index contributed by atoms with van der Waals surface area (Å²) in [5.74, 6) is -0.388. The van der Waals surface area contributed by atoms with Crippen LogP contribution in [0, 0.1) is 19.7 Å². The highest BCUT2D eigenvalue weighted by molar-refractivity contribution is 9.10. The van der Waals surface area contributed by atoms with Gasteiger partial charge in [0.1, 0.15) is 16.3 Å². The fraction of sp³-hybridized carbons (Fsp3) is 0.231. The van der Waals surface area contributed by atoms with Crippen molar-refractivity contribution in [2.24, 2.45) is 0 Å². The van der Waals surface area contributed by atoms with Gasteiger partial charge in [-0.05, 0) is 53.0 Å². The average Bonchev–Trinajstić information content (AvgIpc) is 2.57. The summed E-state index contributed by atoms with van der Waals surface area (Å²) in [6, 6.07) is 5.00. The third-order valence-corrected chi connectivity index (χ3v) is 5.21. The van der Waals surface area contributed by atoms with Crippen LogP contribution >= 0.6 is 38.9 Å². The highest BCUT2D eigenvalue weighted by Gasteiger charge is 2.20. The lowest BCUT2D eigenvalue weighted by Gasteiger charge is -2.14. The summed E-state index contributed by atoms with van der Waals surface area (Å²) in [4.78, 5) is 0.623. The topological polar surface area (TPSA) is 20.2 Å². The normalized spacial score (nSPS) is 12.8. The van der Waals surface area contributed by atoms with E-state index in [-0.39, 0.29) is 5.82 Å². The highest BCUT2D eigenvalue weighted by atomic mass is 79.9. The number of hydrogen-bond acceptors (Lipinski definition) is 2. The summed E-state index contributed by atoms with van der Waals surface area (Å²) < 4.78 is 15.2. The molecule has 0 aliphatic carbocycles. The van der Waals surface area contributed by atoms with E-state index in [0.29, 0.717) is 19.2 Å². The Bertz CT molecular complexity index is 554. The van der Waals surface area contributed by atoms with Crippen molar-refractivity contribution in [1.29, 1.82) is 0 Å². The van der Waals surface area contributed by atoms with Crippen molar-refractivity contribution < 1.29 is 9.50 Å². The van der Waals surface area contributed by atoms with Gasteiger partial charge in [0.05, 0.1) is 0 Å². The summed E-state index contributed by atoms with van der Waals surface area (Å²) >= 11 is 10.5. The molecule has 0 spiro atoms. The summed E-state index contributed by atoms with van der Waals surface area (Å²) in [5.41, 5.74) is 1.89. The molecule has 1 heterocycles. The van der Waals surface area contributed by atoms with Gasteiger partial charge in [-0.25, -0.2) is 4.39 Å². The van der Waals surface area contributed by atoms with Crippen molar-refractivity contribution in [3.63, 3.8) is 0 Å². The number of rotatable bonds is 2. The van der Waals surface area contributed by atoms with Crippen LogP contribution in [0.1, 0.15) is 27.7 Å². The molecule has 2 aromatic rings. The highest BCUT2D eigenvalue weighted by Crippen LogP contribution is 2.38. The van der Waals surface area contributed by atoms with Crippen molar-refractivity contribution in [1.82, 2.24) is 0 Å². The summed E-state index contributed by atoms with van der Waals surface area (Å²) in [6.45, 7) is 3.61. The van der Waals surface area contributed by atoms with Gasteiger partial charge in [0, 0.05) is 14.9 Å². The Morgan fingerprint density at radius 1 is 1.33 bits per heavy atom. The maximum Gasteiger partial charge on any atom is 0.129 e. The molecule has 0 aliphatic heterocycles. The monoisotopic (exact) mass is 348 g/mol. The van der Waals surface area contributed by atoms with E-state index in [9.17, 15) is 9.50 Å².